The smallest absolute Gasteiger partial charge is 0.353 e. The van der Waals surface area contributed by atoms with E-state index >= 15 is 0 Å². The number of tetrazole rings is 1. The van der Waals surface area contributed by atoms with Crippen LogP contribution in [0.3, 0.4) is 0 Å². The number of thiazole rings is 1. The quantitative estimate of drug-likeness (QED) is 0.0564. The maximum absolute atomic E-state index is 13.7. The number of aromatic nitrogens is 5. The molecule has 4 heterocycles. The van der Waals surface area contributed by atoms with E-state index in [1.165, 1.54) is 5.38 Å². The molecule has 0 radical (unpaired) electrons. The van der Waals surface area contributed by atoms with Gasteiger partial charge in [-0.1, -0.05) is 23.4 Å². The summed E-state index contributed by atoms with van der Waals surface area (Å²) in [6, 6.07) is 0. The zero-order valence-corrected chi connectivity index (χ0v) is 24.9. The number of carbonyl (C=O) groups is 5. The molecule has 44 heavy (non-hydrogen) atoms. The number of β-lactam (4-membered cyclic amide) rings is 1. The first-order valence-electron chi connectivity index (χ1n) is 13.0. The van der Waals surface area contributed by atoms with Gasteiger partial charge < -0.3 is 25.7 Å². The van der Waals surface area contributed by atoms with E-state index in [-0.39, 0.29) is 52.8 Å². The highest BCUT2D eigenvalue weighted by Crippen LogP contribution is 2.47. The number of rotatable bonds is 13. The van der Waals surface area contributed by atoms with Gasteiger partial charge in [0.1, 0.15) is 22.9 Å². The summed E-state index contributed by atoms with van der Waals surface area (Å²) in [5.41, 5.74) is -2.34. The minimum Gasteiger partial charge on any atom is -0.481 e. The zero-order chi connectivity index (χ0) is 31.4. The van der Waals surface area contributed by atoms with Crippen molar-refractivity contribution < 1.29 is 39.0 Å². The zero-order valence-electron chi connectivity index (χ0n) is 22.5. The average Bonchev–Trinajstić information content (AvgIpc) is 3.68. The second-order valence-corrected chi connectivity index (χ2v) is 11.7. The summed E-state index contributed by atoms with van der Waals surface area (Å²) in [6.45, 7) is -0.127. The number of hydrogen-bond acceptors (Lipinski definition) is 14. The van der Waals surface area contributed by atoms with Crippen molar-refractivity contribution >= 4 is 87.3 Å². The minimum atomic E-state index is -1.80. The minimum absolute atomic E-state index is 0.00195. The Balaban J connectivity index is 1.44. The van der Waals surface area contributed by atoms with Crippen LogP contribution in [0.15, 0.2) is 28.4 Å². The van der Waals surface area contributed by atoms with E-state index in [2.05, 4.69) is 36.3 Å². The van der Waals surface area contributed by atoms with Crippen molar-refractivity contribution in [2.45, 2.75) is 49.2 Å². The molecule has 2 unspecified atom stereocenters. The maximum Gasteiger partial charge on any atom is 0.353 e. The fourth-order valence-electron chi connectivity index (χ4n) is 4.72. The van der Waals surface area contributed by atoms with Crippen molar-refractivity contribution in [3.05, 3.63) is 34.7 Å². The van der Waals surface area contributed by atoms with Crippen LogP contribution in [-0.4, -0.2) is 104 Å². The van der Waals surface area contributed by atoms with Crippen molar-refractivity contribution in [3.63, 3.8) is 0 Å². The number of carboxylic acid groups (broad SMARTS) is 2. The van der Waals surface area contributed by atoms with E-state index in [1.54, 1.807) is 0 Å². The fourth-order valence-corrected chi connectivity index (χ4v) is 7.18. The second kappa shape index (κ2) is 13.0. The normalized spacial score (nSPS) is 23.0. The number of carboxylic acids is 2. The summed E-state index contributed by atoms with van der Waals surface area (Å²) in [5.74, 6) is -4.26. The molecule has 1 saturated heterocycles. The molecule has 230 valence electrons. The van der Waals surface area contributed by atoms with E-state index in [4.69, 9.17) is 22.2 Å². The molecule has 3 amide bonds. The monoisotopic (exact) mass is 661 g/mol. The highest BCUT2D eigenvalue weighted by Gasteiger charge is 2.65. The van der Waals surface area contributed by atoms with Crippen LogP contribution in [0.5, 0.6) is 0 Å². The van der Waals surface area contributed by atoms with E-state index in [1.807, 2.05) is 12.2 Å². The highest BCUT2D eigenvalue weighted by molar-refractivity contribution is 8.00. The summed E-state index contributed by atoms with van der Waals surface area (Å²) < 4.78 is 1.15. The molecule has 17 nitrogen and oxygen atoms in total. The number of nitrogens with zero attached hydrogens (tertiary/aromatic N) is 7. The Hall–Kier alpha value is -4.56. The molecular formula is C24H23N9O8S3. The van der Waals surface area contributed by atoms with Crippen LogP contribution in [0.1, 0.15) is 37.2 Å². The summed E-state index contributed by atoms with van der Waals surface area (Å²) in [5, 5.41) is 41.2. The summed E-state index contributed by atoms with van der Waals surface area (Å²) in [7, 11) is 0. The Morgan fingerprint density at radius 2 is 2.14 bits per heavy atom. The van der Waals surface area contributed by atoms with Crippen LogP contribution in [0.2, 0.25) is 0 Å². The fraction of sp³-hybridized carbons (Fsp3) is 0.375. The van der Waals surface area contributed by atoms with Gasteiger partial charge in [0.2, 0.25) is 6.41 Å². The van der Waals surface area contributed by atoms with E-state index in [0.717, 1.165) is 50.9 Å². The Labute approximate surface area is 261 Å². The lowest BCUT2D eigenvalue weighted by atomic mass is 9.87. The van der Waals surface area contributed by atoms with Crippen molar-refractivity contribution in [3.8, 4) is 0 Å². The standard InChI is InChI=1S/C24H23N9O8S3/c34-11-25-23-26-14(9-44-23)16(29-41-12-4-2-1-3-5-12)19(37)27-24(10-42)21(40)33-17(20(38)39)13(8-43-22(24)33)18-28-30-31-32(18)7-6-15(35)36/h2,4,9-12,22H,1,3,5-8H2,(H,27,37)(H,35,36)(H,38,39)(H,25,26,34)/t12?,22-,24?/m0/s1. The SMILES string of the molecule is O=CNc1nc(C(=NOC2C=CCCC2)C(=O)NC2(C=S)C(=O)N3C(C(=O)O)=C(c4nnnn4CCC(=O)O)CS[C@H]32)cs1. The van der Waals surface area contributed by atoms with Crippen molar-refractivity contribution in [2.24, 2.45) is 5.16 Å². The van der Waals surface area contributed by atoms with Crippen LogP contribution in [0, 0.1) is 0 Å². The Morgan fingerprint density at radius 1 is 1.32 bits per heavy atom. The number of amides is 3. The third-order valence-corrected chi connectivity index (χ3v) is 9.29. The first-order chi connectivity index (χ1) is 21.2. The number of fused-ring (bicyclic) bond motifs is 1. The van der Waals surface area contributed by atoms with Gasteiger partial charge in [0.15, 0.2) is 22.2 Å². The maximum atomic E-state index is 13.7. The molecule has 3 aliphatic rings. The predicted molar refractivity (Wildman–Crippen MR) is 158 cm³/mol. The first-order valence-corrected chi connectivity index (χ1v) is 15.4. The molecule has 20 heteroatoms. The Bertz CT molecular complexity index is 1620. The highest BCUT2D eigenvalue weighted by atomic mass is 32.2. The number of anilines is 1. The van der Waals surface area contributed by atoms with E-state index in [0.29, 0.717) is 12.8 Å². The largest absolute Gasteiger partial charge is 0.481 e. The van der Waals surface area contributed by atoms with Crippen LogP contribution >= 0.6 is 35.3 Å². The van der Waals surface area contributed by atoms with Gasteiger partial charge in [-0.05, 0) is 35.8 Å². The Morgan fingerprint density at radius 3 is 2.82 bits per heavy atom. The number of hydrogen-bond donors (Lipinski definition) is 4. The van der Waals surface area contributed by atoms with Gasteiger partial charge in [0.05, 0.1) is 13.0 Å². The first kappa shape index (κ1) is 30.9. The number of thioether (sulfide) groups is 1. The number of aliphatic carboxylic acids is 2. The van der Waals surface area contributed by atoms with Gasteiger partial charge in [-0.3, -0.25) is 24.1 Å². The lowest BCUT2D eigenvalue weighted by molar-refractivity contribution is -0.153. The summed E-state index contributed by atoms with van der Waals surface area (Å²) in [4.78, 5) is 72.6. The third-order valence-electron chi connectivity index (χ3n) is 6.79. The van der Waals surface area contributed by atoms with Crippen molar-refractivity contribution in [1.29, 1.82) is 0 Å². The number of aryl methyl sites for hydroxylation is 1. The number of oxime groups is 1. The van der Waals surface area contributed by atoms with Crippen LogP contribution in [-0.2, 0) is 35.4 Å². The van der Waals surface area contributed by atoms with E-state index in [9.17, 15) is 29.1 Å². The van der Waals surface area contributed by atoms with Crippen molar-refractivity contribution in [1.82, 2.24) is 35.4 Å². The molecule has 5 rings (SSSR count). The lowest BCUT2D eigenvalue weighted by Gasteiger charge is -2.55. The van der Waals surface area contributed by atoms with Gasteiger partial charge >= 0.3 is 11.9 Å². The average molecular weight is 662 g/mol. The molecule has 0 spiro atoms. The second-order valence-electron chi connectivity index (χ2n) is 9.52. The molecule has 4 N–H and O–H groups in total. The third kappa shape index (κ3) is 5.82. The van der Waals surface area contributed by atoms with Gasteiger partial charge in [0, 0.05) is 22.1 Å². The topological polar surface area (TPSA) is 231 Å². The number of nitrogens with one attached hydrogen (secondary N) is 2. The molecule has 3 atom stereocenters. The molecule has 0 aromatic carbocycles. The molecule has 2 aliphatic heterocycles. The molecule has 1 fully saturated rings. The van der Waals surface area contributed by atoms with E-state index < -0.39 is 40.4 Å². The molecule has 1 aliphatic carbocycles. The van der Waals surface area contributed by atoms with Crippen LogP contribution in [0.25, 0.3) is 5.57 Å². The van der Waals surface area contributed by atoms with Gasteiger partial charge in [-0.25, -0.2) is 14.5 Å². The van der Waals surface area contributed by atoms with Crippen LogP contribution < -0.4 is 10.6 Å². The molecular weight excluding hydrogens is 639 g/mol. The van der Waals surface area contributed by atoms with Crippen LogP contribution in [0.4, 0.5) is 5.13 Å². The Kier molecular flexibility index (Phi) is 9.11. The molecule has 0 saturated carbocycles. The van der Waals surface area contributed by atoms with Gasteiger partial charge in [0.25, 0.3) is 11.8 Å². The summed E-state index contributed by atoms with van der Waals surface area (Å²) in [6.07, 6.45) is 5.92. The number of allylic oxidation sites excluding steroid dienone is 1. The lowest BCUT2D eigenvalue weighted by Crippen LogP contribution is -2.80. The number of thiocarbonyl (C=S) groups is 1. The van der Waals surface area contributed by atoms with Crippen molar-refractivity contribution in [2.75, 3.05) is 11.1 Å². The predicted octanol–water partition coefficient (Wildman–Crippen LogP) is 0.268. The number of carbonyl (C=O) groups excluding carboxylic acids is 3. The van der Waals surface area contributed by atoms with Gasteiger partial charge in [-0.15, -0.1) is 28.2 Å². The molecule has 2 aromatic rings. The summed E-state index contributed by atoms with van der Waals surface area (Å²) >= 11 is 7.35. The van der Waals surface area contributed by atoms with Gasteiger partial charge in [-0.2, -0.15) is 0 Å². The molecule has 0 bridgehead atoms. The molecule has 2 aromatic heterocycles.